The average Bonchev–Trinajstić information content (AvgIpc) is 2.61. The largest absolute Gasteiger partial charge is 0.508 e. The van der Waals surface area contributed by atoms with Gasteiger partial charge in [-0.2, -0.15) is 0 Å². The van der Waals surface area contributed by atoms with Crippen molar-refractivity contribution in [2.24, 2.45) is 0 Å². The van der Waals surface area contributed by atoms with Gasteiger partial charge >= 0.3 is 6.03 Å². The third-order valence-corrected chi connectivity index (χ3v) is 4.03. The molecule has 0 unspecified atom stereocenters. The number of phenolic OH excluding ortho intramolecular Hbond substituents is 1. The molecule has 0 heterocycles. The number of amides is 2. The summed E-state index contributed by atoms with van der Waals surface area (Å²) in [6, 6.07) is 20.0. The minimum atomic E-state index is -0.374. The van der Waals surface area contributed by atoms with Gasteiger partial charge in [-0.3, -0.25) is 0 Å². The topological polar surface area (TPSA) is 61.4 Å². The molecule has 0 aliphatic carbocycles. The predicted molar refractivity (Wildman–Crippen MR) is 109 cm³/mol. The molecule has 0 radical (unpaired) electrons. The number of hydrogen-bond acceptors (Lipinski definition) is 2. The number of para-hydroxylation sites is 1. The lowest BCUT2D eigenvalue weighted by molar-refractivity contribution is 0.262. The first kappa shape index (κ1) is 19.9. The van der Waals surface area contributed by atoms with Crippen LogP contribution in [0.25, 0.3) is 0 Å². The Hall–Kier alpha value is -2.40. The molecule has 0 fully saturated rings. The van der Waals surface area contributed by atoms with Crippen LogP contribution in [0.3, 0.4) is 0 Å². The summed E-state index contributed by atoms with van der Waals surface area (Å²) in [5.41, 5.74) is 1.20. The fraction of sp³-hybridized carbons (Fsp3) is 0. The number of anilines is 2. The van der Waals surface area contributed by atoms with Gasteiger partial charge < -0.3 is 15.7 Å². The molecule has 2 amide bonds. The van der Waals surface area contributed by atoms with E-state index in [9.17, 15) is 4.79 Å². The summed E-state index contributed by atoms with van der Waals surface area (Å²) < 4.78 is 0. The van der Waals surface area contributed by atoms with Crippen molar-refractivity contribution in [1.29, 1.82) is 0 Å². The Kier molecular flexibility index (Phi) is 7.60. The number of nitrogens with one attached hydrogen (secondary N) is 2. The van der Waals surface area contributed by atoms with Crippen molar-refractivity contribution in [2.45, 2.75) is 0 Å². The quantitative estimate of drug-likeness (QED) is 0.442. The second-order valence-electron chi connectivity index (χ2n) is 5.05. The van der Waals surface area contributed by atoms with E-state index in [1.807, 2.05) is 6.07 Å². The lowest BCUT2D eigenvalue weighted by atomic mass is 10.3. The molecule has 0 saturated heterocycles. The summed E-state index contributed by atoms with van der Waals surface area (Å²) in [5, 5.41) is 15.4. The maximum atomic E-state index is 11.7. The van der Waals surface area contributed by atoms with Gasteiger partial charge in [0.05, 0.1) is 10.0 Å². The van der Waals surface area contributed by atoms with E-state index >= 15 is 0 Å². The van der Waals surface area contributed by atoms with Crippen LogP contribution in [0.1, 0.15) is 0 Å². The van der Waals surface area contributed by atoms with Crippen LogP contribution in [0, 0.1) is 0 Å². The van der Waals surface area contributed by atoms with E-state index in [1.54, 1.807) is 66.7 Å². The number of aromatic hydroxyl groups is 1. The lowest BCUT2D eigenvalue weighted by Gasteiger charge is -2.08. The van der Waals surface area contributed by atoms with Crippen molar-refractivity contribution in [1.82, 2.24) is 0 Å². The summed E-state index contributed by atoms with van der Waals surface area (Å²) in [6.45, 7) is 0. The SMILES string of the molecule is O=C(Nc1ccc(Cl)cc1)Nc1ccc(Cl)c(Cl)c1.Oc1ccccc1. The molecule has 0 spiro atoms. The highest BCUT2D eigenvalue weighted by molar-refractivity contribution is 6.42. The normalized spacial score (nSPS) is 9.65. The van der Waals surface area contributed by atoms with Crippen LogP contribution in [-0.2, 0) is 0 Å². The molecular formula is C19H15Cl3N2O2. The van der Waals surface area contributed by atoms with Crippen LogP contribution >= 0.6 is 34.8 Å². The predicted octanol–water partition coefficient (Wildman–Crippen LogP) is 6.68. The first-order valence-corrected chi connectivity index (χ1v) is 8.60. The number of urea groups is 1. The van der Waals surface area contributed by atoms with Crippen molar-refractivity contribution in [2.75, 3.05) is 10.6 Å². The molecule has 134 valence electrons. The summed E-state index contributed by atoms with van der Waals surface area (Å²) in [6.07, 6.45) is 0. The minimum absolute atomic E-state index is 0.322. The molecule has 7 heteroatoms. The fourth-order valence-corrected chi connectivity index (χ4v) is 2.25. The van der Waals surface area contributed by atoms with Gasteiger partial charge in [0.15, 0.2) is 0 Å². The molecule has 0 aliphatic heterocycles. The number of halogens is 3. The first-order valence-electron chi connectivity index (χ1n) is 7.46. The summed E-state index contributed by atoms with van der Waals surface area (Å²) in [5.74, 6) is 0.322. The van der Waals surface area contributed by atoms with Gasteiger partial charge in [-0.25, -0.2) is 4.79 Å². The molecule has 3 aromatic carbocycles. The van der Waals surface area contributed by atoms with E-state index in [1.165, 1.54) is 0 Å². The first-order chi connectivity index (χ1) is 12.4. The van der Waals surface area contributed by atoms with Gasteiger partial charge in [-0.15, -0.1) is 0 Å². The molecule has 3 N–H and O–H groups in total. The Morgan fingerprint density at radius 1 is 0.731 bits per heavy atom. The standard InChI is InChI=1S/C13H9Cl3N2O.C6H6O/c14-8-1-3-9(4-2-8)17-13(19)18-10-5-6-11(15)12(16)7-10;7-6-4-2-1-3-5-6/h1-7H,(H2,17,18,19);1-5,7H. The Labute approximate surface area is 166 Å². The highest BCUT2D eigenvalue weighted by Gasteiger charge is 2.04. The van der Waals surface area contributed by atoms with Gasteiger partial charge in [0.1, 0.15) is 5.75 Å². The molecule has 0 aromatic heterocycles. The molecule has 3 rings (SSSR count). The minimum Gasteiger partial charge on any atom is -0.508 e. The van der Waals surface area contributed by atoms with E-state index in [0.717, 1.165) is 0 Å². The Morgan fingerprint density at radius 3 is 1.85 bits per heavy atom. The monoisotopic (exact) mass is 408 g/mol. The Bertz CT molecular complexity index is 856. The Morgan fingerprint density at radius 2 is 1.31 bits per heavy atom. The third kappa shape index (κ3) is 6.84. The molecule has 0 aliphatic rings. The highest BCUT2D eigenvalue weighted by Crippen LogP contribution is 2.25. The zero-order valence-corrected chi connectivity index (χ0v) is 15.7. The fourth-order valence-electron chi connectivity index (χ4n) is 1.83. The molecule has 26 heavy (non-hydrogen) atoms. The van der Waals surface area contributed by atoms with E-state index in [0.29, 0.717) is 32.2 Å². The Balaban J connectivity index is 0.000000290. The second-order valence-corrected chi connectivity index (χ2v) is 6.30. The third-order valence-electron chi connectivity index (χ3n) is 3.04. The number of carbonyl (C=O) groups is 1. The van der Waals surface area contributed by atoms with Gasteiger partial charge in [-0.1, -0.05) is 53.0 Å². The van der Waals surface area contributed by atoms with E-state index in [2.05, 4.69) is 10.6 Å². The average molecular weight is 410 g/mol. The van der Waals surface area contributed by atoms with Gasteiger partial charge in [0.2, 0.25) is 0 Å². The maximum absolute atomic E-state index is 11.7. The van der Waals surface area contributed by atoms with Crippen LogP contribution in [0.15, 0.2) is 72.8 Å². The van der Waals surface area contributed by atoms with Crippen molar-refractivity contribution in [3.63, 3.8) is 0 Å². The van der Waals surface area contributed by atoms with E-state index < -0.39 is 0 Å². The lowest BCUT2D eigenvalue weighted by Crippen LogP contribution is -2.19. The molecule has 0 atom stereocenters. The van der Waals surface area contributed by atoms with Crippen molar-refractivity contribution in [3.8, 4) is 5.75 Å². The maximum Gasteiger partial charge on any atom is 0.323 e. The zero-order valence-electron chi connectivity index (χ0n) is 13.4. The van der Waals surface area contributed by atoms with Crippen molar-refractivity contribution in [3.05, 3.63) is 87.9 Å². The number of benzene rings is 3. The van der Waals surface area contributed by atoms with Gasteiger partial charge in [0.25, 0.3) is 0 Å². The zero-order chi connectivity index (χ0) is 18.9. The molecular weight excluding hydrogens is 395 g/mol. The molecule has 4 nitrogen and oxygen atoms in total. The summed E-state index contributed by atoms with van der Waals surface area (Å²) in [4.78, 5) is 11.7. The molecule has 0 saturated carbocycles. The highest BCUT2D eigenvalue weighted by atomic mass is 35.5. The number of carbonyl (C=O) groups excluding carboxylic acids is 1. The van der Waals surface area contributed by atoms with Crippen LogP contribution in [0.5, 0.6) is 5.75 Å². The van der Waals surface area contributed by atoms with E-state index in [4.69, 9.17) is 39.9 Å². The van der Waals surface area contributed by atoms with Crippen LogP contribution in [0.4, 0.5) is 16.2 Å². The van der Waals surface area contributed by atoms with Crippen molar-refractivity contribution < 1.29 is 9.90 Å². The molecule has 3 aromatic rings. The number of phenols is 1. The van der Waals surface area contributed by atoms with Crippen LogP contribution < -0.4 is 10.6 Å². The van der Waals surface area contributed by atoms with Crippen LogP contribution in [0.2, 0.25) is 15.1 Å². The van der Waals surface area contributed by atoms with Gasteiger partial charge in [-0.05, 0) is 54.6 Å². The van der Waals surface area contributed by atoms with E-state index in [-0.39, 0.29) is 6.03 Å². The second kappa shape index (κ2) is 9.92. The van der Waals surface area contributed by atoms with Crippen LogP contribution in [-0.4, -0.2) is 11.1 Å². The van der Waals surface area contributed by atoms with Crippen molar-refractivity contribution >= 4 is 52.2 Å². The smallest absolute Gasteiger partial charge is 0.323 e. The summed E-state index contributed by atoms with van der Waals surface area (Å²) in [7, 11) is 0. The number of rotatable bonds is 2. The summed E-state index contributed by atoms with van der Waals surface area (Å²) >= 11 is 17.4. The number of hydrogen-bond donors (Lipinski definition) is 3. The molecule has 0 bridgehead atoms. The van der Waals surface area contributed by atoms with Gasteiger partial charge in [0, 0.05) is 16.4 Å².